The van der Waals surface area contributed by atoms with E-state index >= 15 is 0 Å². The molecular weight excluding hydrogens is 377 g/mol. The maximum Gasteiger partial charge on any atom is 0.252 e. The van der Waals surface area contributed by atoms with Crippen LogP contribution in [0.5, 0.6) is 11.5 Å². The number of hydrogen-bond donors (Lipinski definition) is 2. The van der Waals surface area contributed by atoms with E-state index in [9.17, 15) is 14.0 Å². The SMILES string of the molecule is C#CCOc1ccc(C=NNC(=O)C(C)C(=O)Nc2ccccc2F)cc1OC. The lowest BCUT2D eigenvalue weighted by atomic mass is 10.1. The number of hydrogen-bond acceptors (Lipinski definition) is 5. The van der Waals surface area contributed by atoms with Gasteiger partial charge >= 0.3 is 0 Å². The fourth-order valence-electron chi connectivity index (χ4n) is 2.19. The molecule has 1 atom stereocenters. The Bertz CT molecular complexity index is 953. The third kappa shape index (κ3) is 6.07. The fraction of sp³-hybridized carbons (Fsp3) is 0.190. The molecule has 0 saturated heterocycles. The standard InChI is InChI=1S/C21H20FN3O4/c1-4-11-29-18-10-9-15(12-19(18)28-3)13-23-25-21(27)14(2)20(26)24-17-8-6-5-7-16(17)22/h1,5-10,12-14H,11H2,2-3H3,(H,24,26)(H,25,27). The molecule has 0 spiro atoms. The third-order valence-corrected chi connectivity index (χ3v) is 3.81. The number of methoxy groups -OCH3 is 1. The van der Waals surface area contributed by atoms with Gasteiger partial charge in [0.15, 0.2) is 11.5 Å². The van der Waals surface area contributed by atoms with E-state index in [1.54, 1.807) is 24.3 Å². The van der Waals surface area contributed by atoms with Gasteiger partial charge < -0.3 is 14.8 Å². The molecule has 2 aromatic rings. The quantitative estimate of drug-likeness (QED) is 0.310. The summed E-state index contributed by atoms with van der Waals surface area (Å²) in [4.78, 5) is 24.2. The Morgan fingerprint density at radius 1 is 1.24 bits per heavy atom. The zero-order valence-electron chi connectivity index (χ0n) is 15.9. The van der Waals surface area contributed by atoms with Crippen LogP contribution in [0.25, 0.3) is 0 Å². The van der Waals surface area contributed by atoms with Gasteiger partial charge in [0.2, 0.25) is 5.91 Å². The Balaban J connectivity index is 1.95. The number of rotatable bonds is 8. The largest absolute Gasteiger partial charge is 0.493 e. The molecule has 0 aliphatic carbocycles. The van der Waals surface area contributed by atoms with Gasteiger partial charge in [0.25, 0.3) is 5.91 Å². The van der Waals surface area contributed by atoms with Crippen LogP contribution in [0.2, 0.25) is 0 Å². The molecule has 1 unspecified atom stereocenters. The van der Waals surface area contributed by atoms with Crippen LogP contribution in [0.3, 0.4) is 0 Å². The van der Waals surface area contributed by atoms with Crippen molar-refractivity contribution < 1.29 is 23.5 Å². The van der Waals surface area contributed by atoms with E-state index < -0.39 is 23.5 Å². The average molecular weight is 397 g/mol. The molecule has 150 valence electrons. The highest BCUT2D eigenvalue weighted by atomic mass is 19.1. The van der Waals surface area contributed by atoms with Gasteiger partial charge in [-0.1, -0.05) is 18.1 Å². The molecule has 0 radical (unpaired) electrons. The normalized spacial score (nSPS) is 11.4. The molecule has 29 heavy (non-hydrogen) atoms. The molecule has 0 aliphatic rings. The first kappa shape index (κ1) is 21.4. The van der Waals surface area contributed by atoms with Crippen molar-refractivity contribution in [1.29, 1.82) is 0 Å². The van der Waals surface area contributed by atoms with E-state index in [-0.39, 0.29) is 12.3 Å². The molecule has 0 bridgehead atoms. The van der Waals surface area contributed by atoms with Gasteiger partial charge in [-0.2, -0.15) is 5.10 Å². The van der Waals surface area contributed by atoms with E-state index in [1.165, 1.54) is 38.4 Å². The Kier molecular flexibility index (Phi) is 7.74. The van der Waals surface area contributed by atoms with Crippen LogP contribution in [0.1, 0.15) is 12.5 Å². The summed E-state index contributed by atoms with van der Waals surface area (Å²) in [5.74, 6) is 0.324. The van der Waals surface area contributed by atoms with Crippen molar-refractivity contribution in [2.24, 2.45) is 11.0 Å². The molecule has 2 amide bonds. The summed E-state index contributed by atoms with van der Waals surface area (Å²) in [6.45, 7) is 1.49. The van der Waals surface area contributed by atoms with Crippen LogP contribution >= 0.6 is 0 Å². The van der Waals surface area contributed by atoms with Crippen LogP contribution in [-0.4, -0.2) is 31.7 Å². The lowest BCUT2D eigenvalue weighted by molar-refractivity contribution is -0.131. The molecule has 7 nitrogen and oxygen atoms in total. The lowest BCUT2D eigenvalue weighted by Gasteiger charge is -2.11. The number of nitrogens with zero attached hydrogens (tertiary/aromatic N) is 1. The second-order valence-corrected chi connectivity index (χ2v) is 5.83. The van der Waals surface area contributed by atoms with Crippen LogP contribution in [0.4, 0.5) is 10.1 Å². The number of carbonyl (C=O) groups excluding carboxylic acids is 2. The molecular formula is C21H20FN3O4. The van der Waals surface area contributed by atoms with Gasteiger partial charge in [-0.15, -0.1) is 6.42 Å². The number of nitrogens with one attached hydrogen (secondary N) is 2. The Morgan fingerprint density at radius 3 is 2.69 bits per heavy atom. The van der Waals surface area contributed by atoms with Gasteiger partial charge in [-0.05, 0) is 42.8 Å². The predicted molar refractivity (Wildman–Crippen MR) is 107 cm³/mol. The van der Waals surface area contributed by atoms with Crippen molar-refractivity contribution in [3.8, 4) is 23.8 Å². The van der Waals surface area contributed by atoms with Gasteiger partial charge in [0.05, 0.1) is 19.0 Å². The smallest absolute Gasteiger partial charge is 0.252 e. The first-order valence-corrected chi connectivity index (χ1v) is 8.59. The highest BCUT2D eigenvalue weighted by molar-refractivity contribution is 6.06. The summed E-state index contributed by atoms with van der Waals surface area (Å²) >= 11 is 0. The zero-order chi connectivity index (χ0) is 21.2. The second-order valence-electron chi connectivity index (χ2n) is 5.83. The number of ether oxygens (including phenoxy) is 2. The Labute approximate surface area is 167 Å². The van der Waals surface area contributed by atoms with Crippen LogP contribution in [0, 0.1) is 24.1 Å². The van der Waals surface area contributed by atoms with Crippen molar-refractivity contribution in [3.63, 3.8) is 0 Å². The number of amides is 2. The van der Waals surface area contributed by atoms with E-state index in [1.807, 2.05) is 0 Å². The summed E-state index contributed by atoms with van der Waals surface area (Å²) in [5, 5.41) is 6.20. The van der Waals surface area contributed by atoms with E-state index in [0.29, 0.717) is 17.1 Å². The minimum Gasteiger partial charge on any atom is -0.493 e. The average Bonchev–Trinajstić information content (AvgIpc) is 2.73. The van der Waals surface area contributed by atoms with Crippen LogP contribution in [0.15, 0.2) is 47.6 Å². The Morgan fingerprint density at radius 2 is 2.00 bits per heavy atom. The topological polar surface area (TPSA) is 89.0 Å². The van der Waals surface area contributed by atoms with E-state index in [4.69, 9.17) is 15.9 Å². The monoisotopic (exact) mass is 397 g/mol. The summed E-state index contributed by atoms with van der Waals surface area (Å²) in [6.07, 6.45) is 6.55. The predicted octanol–water partition coefficient (Wildman–Crippen LogP) is 2.57. The van der Waals surface area contributed by atoms with Crippen LogP contribution in [-0.2, 0) is 9.59 Å². The van der Waals surface area contributed by atoms with Crippen molar-refractivity contribution in [1.82, 2.24) is 5.43 Å². The zero-order valence-corrected chi connectivity index (χ0v) is 15.9. The van der Waals surface area contributed by atoms with Crippen molar-refractivity contribution in [2.75, 3.05) is 19.0 Å². The fourth-order valence-corrected chi connectivity index (χ4v) is 2.19. The first-order chi connectivity index (χ1) is 14.0. The third-order valence-electron chi connectivity index (χ3n) is 3.81. The van der Waals surface area contributed by atoms with Crippen LogP contribution < -0.4 is 20.2 Å². The number of carbonyl (C=O) groups is 2. The molecule has 2 N–H and O–H groups in total. The highest BCUT2D eigenvalue weighted by Crippen LogP contribution is 2.27. The summed E-state index contributed by atoms with van der Waals surface area (Å²) in [6, 6.07) is 10.7. The molecule has 2 aromatic carbocycles. The lowest BCUT2D eigenvalue weighted by Crippen LogP contribution is -2.34. The van der Waals surface area contributed by atoms with Gasteiger partial charge in [-0.25, -0.2) is 9.82 Å². The number of para-hydroxylation sites is 1. The van der Waals surface area contributed by atoms with E-state index in [2.05, 4.69) is 21.8 Å². The van der Waals surface area contributed by atoms with E-state index in [0.717, 1.165) is 0 Å². The number of benzene rings is 2. The molecule has 0 fully saturated rings. The summed E-state index contributed by atoms with van der Waals surface area (Å²) in [7, 11) is 1.48. The summed E-state index contributed by atoms with van der Waals surface area (Å²) in [5.41, 5.74) is 2.90. The summed E-state index contributed by atoms with van der Waals surface area (Å²) < 4.78 is 24.2. The molecule has 8 heteroatoms. The van der Waals surface area contributed by atoms with Crippen molar-refractivity contribution >= 4 is 23.7 Å². The van der Waals surface area contributed by atoms with Gasteiger partial charge in [0, 0.05) is 0 Å². The number of halogens is 1. The molecule has 0 saturated carbocycles. The van der Waals surface area contributed by atoms with Crippen molar-refractivity contribution in [3.05, 3.63) is 53.8 Å². The highest BCUT2D eigenvalue weighted by Gasteiger charge is 2.22. The first-order valence-electron chi connectivity index (χ1n) is 8.59. The minimum atomic E-state index is -1.08. The molecule has 0 heterocycles. The second kappa shape index (κ2) is 10.5. The van der Waals surface area contributed by atoms with Gasteiger partial charge in [-0.3, -0.25) is 9.59 Å². The maximum atomic E-state index is 13.6. The number of hydrazone groups is 1. The Hall–Kier alpha value is -3.86. The van der Waals surface area contributed by atoms with Crippen molar-refractivity contribution in [2.45, 2.75) is 6.92 Å². The molecule has 2 rings (SSSR count). The minimum absolute atomic E-state index is 0.000101. The number of terminal acetylenes is 1. The maximum absolute atomic E-state index is 13.6. The van der Waals surface area contributed by atoms with Gasteiger partial charge in [0.1, 0.15) is 18.3 Å². The molecule has 0 aromatic heterocycles. The molecule has 0 aliphatic heterocycles. The number of anilines is 1.